The number of halogens is 3. The summed E-state index contributed by atoms with van der Waals surface area (Å²) in [5, 5.41) is 9.01. The van der Waals surface area contributed by atoms with Gasteiger partial charge >= 0.3 is 0 Å². The van der Waals surface area contributed by atoms with E-state index in [0.717, 1.165) is 0 Å². The number of hydrogen-bond acceptors (Lipinski definition) is 2. The number of aliphatic hydroxyl groups is 1. The van der Waals surface area contributed by atoms with Gasteiger partial charge in [0.1, 0.15) is 5.69 Å². The monoisotopic (exact) mass is 221 g/mol. The minimum Gasteiger partial charge on any atom is -0.392 e. The van der Waals surface area contributed by atoms with Crippen LogP contribution < -0.4 is 0 Å². The number of rotatable bonds is 3. The Balaban J connectivity index is 3.27. The highest BCUT2D eigenvalue weighted by Crippen LogP contribution is 2.25. The van der Waals surface area contributed by atoms with Crippen LogP contribution in [0.5, 0.6) is 0 Å². The van der Waals surface area contributed by atoms with Crippen molar-refractivity contribution >= 4 is 11.6 Å². The van der Waals surface area contributed by atoms with E-state index in [1.807, 2.05) is 0 Å². The van der Waals surface area contributed by atoms with Gasteiger partial charge in [-0.25, -0.2) is 8.78 Å². The Hall–Kier alpha value is -0.740. The fraction of sp³-hybridized carbons (Fsp3) is 0.444. The van der Waals surface area contributed by atoms with Gasteiger partial charge in [0.25, 0.3) is 6.43 Å². The predicted molar refractivity (Wildman–Crippen MR) is 49.4 cm³/mol. The lowest BCUT2D eigenvalue weighted by atomic mass is 10.0. The van der Waals surface area contributed by atoms with Crippen molar-refractivity contribution in [3.05, 3.63) is 28.6 Å². The van der Waals surface area contributed by atoms with Gasteiger partial charge in [0, 0.05) is 12.1 Å². The standard InChI is InChI=1S/C9H10ClF2NO/c1-5-7(4-14)6(2-10)3-13-8(5)9(11)12/h3,9,14H,2,4H2,1H3. The molecule has 1 aromatic heterocycles. The Kier molecular flexibility index (Phi) is 3.77. The Morgan fingerprint density at radius 3 is 2.64 bits per heavy atom. The summed E-state index contributed by atoms with van der Waals surface area (Å²) in [5.74, 6) is 0.160. The first kappa shape index (κ1) is 11.3. The largest absolute Gasteiger partial charge is 0.392 e. The molecule has 0 aliphatic carbocycles. The molecule has 1 rings (SSSR count). The first-order valence-electron chi connectivity index (χ1n) is 4.04. The molecule has 0 amide bonds. The van der Waals surface area contributed by atoms with E-state index in [-0.39, 0.29) is 18.2 Å². The molecule has 0 aliphatic heterocycles. The van der Waals surface area contributed by atoms with Crippen LogP contribution >= 0.6 is 11.6 Å². The molecule has 0 saturated heterocycles. The van der Waals surface area contributed by atoms with Gasteiger partial charge < -0.3 is 5.11 Å². The molecule has 0 radical (unpaired) electrons. The number of hydrogen-bond donors (Lipinski definition) is 1. The van der Waals surface area contributed by atoms with Crippen molar-refractivity contribution in [2.45, 2.75) is 25.8 Å². The van der Waals surface area contributed by atoms with Crippen molar-refractivity contribution in [2.75, 3.05) is 0 Å². The zero-order valence-corrected chi connectivity index (χ0v) is 8.35. The molecule has 0 atom stereocenters. The topological polar surface area (TPSA) is 33.1 Å². The lowest BCUT2D eigenvalue weighted by Crippen LogP contribution is -2.03. The van der Waals surface area contributed by atoms with E-state index in [9.17, 15) is 8.78 Å². The third-order valence-corrected chi connectivity index (χ3v) is 2.38. The summed E-state index contributed by atoms with van der Waals surface area (Å²) in [5.41, 5.74) is 1.07. The normalized spacial score (nSPS) is 11.0. The summed E-state index contributed by atoms with van der Waals surface area (Å²) in [6.45, 7) is 1.21. The second-order valence-electron chi connectivity index (χ2n) is 2.86. The van der Waals surface area contributed by atoms with E-state index >= 15 is 0 Å². The molecule has 1 N–H and O–H groups in total. The van der Waals surface area contributed by atoms with Gasteiger partial charge in [-0.3, -0.25) is 4.98 Å². The molecule has 0 unspecified atom stereocenters. The first-order valence-corrected chi connectivity index (χ1v) is 4.57. The lowest BCUT2D eigenvalue weighted by molar-refractivity contribution is 0.144. The van der Waals surface area contributed by atoms with E-state index in [0.29, 0.717) is 16.7 Å². The van der Waals surface area contributed by atoms with Gasteiger partial charge in [-0.1, -0.05) is 0 Å². The fourth-order valence-electron chi connectivity index (χ4n) is 1.27. The number of pyridine rings is 1. The maximum absolute atomic E-state index is 12.4. The summed E-state index contributed by atoms with van der Waals surface area (Å²) in [6.07, 6.45) is -1.34. The van der Waals surface area contributed by atoms with Crippen LogP contribution in [0, 0.1) is 6.92 Å². The van der Waals surface area contributed by atoms with Crippen molar-refractivity contribution in [3.8, 4) is 0 Å². The van der Waals surface area contributed by atoms with Crippen LogP contribution in [0.3, 0.4) is 0 Å². The second-order valence-corrected chi connectivity index (χ2v) is 3.13. The molecule has 78 valence electrons. The maximum atomic E-state index is 12.4. The Morgan fingerprint density at radius 2 is 2.21 bits per heavy atom. The summed E-state index contributed by atoms with van der Waals surface area (Å²) in [7, 11) is 0. The predicted octanol–water partition coefficient (Wildman–Crippen LogP) is 2.56. The van der Waals surface area contributed by atoms with Crippen LogP contribution in [0.15, 0.2) is 6.20 Å². The van der Waals surface area contributed by atoms with Gasteiger partial charge in [0.05, 0.1) is 6.61 Å². The van der Waals surface area contributed by atoms with E-state index < -0.39 is 6.43 Å². The Labute approximate surface area is 85.5 Å². The summed E-state index contributed by atoms with van der Waals surface area (Å²) in [6, 6.07) is 0. The van der Waals surface area contributed by atoms with Gasteiger partial charge in [0.15, 0.2) is 0 Å². The van der Waals surface area contributed by atoms with Crippen LogP contribution in [0.2, 0.25) is 0 Å². The molecule has 1 aromatic rings. The molecule has 0 saturated carbocycles. The van der Waals surface area contributed by atoms with Crippen molar-refractivity contribution in [2.24, 2.45) is 0 Å². The molecule has 2 nitrogen and oxygen atoms in total. The molecule has 0 spiro atoms. The molecule has 5 heteroatoms. The average molecular weight is 222 g/mol. The third kappa shape index (κ3) is 2.01. The molecular formula is C9H10ClF2NO. The molecule has 0 fully saturated rings. The fourth-order valence-corrected chi connectivity index (χ4v) is 1.50. The van der Waals surface area contributed by atoms with Crippen LogP contribution in [0.1, 0.15) is 28.8 Å². The van der Waals surface area contributed by atoms with E-state index in [1.54, 1.807) is 0 Å². The van der Waals surface area contributed by atoms with E-state index in [2.05, 4.69) is 4.98 Å². The van der Waals surface area contributed by atoms with Crippen LogP contribution in [-0.2, 0) is 12.5 Å². The first-order chi connectivity index (χ1) is 6.61. The Bertz CT molecular complexity index is 331. The lowest BCUT2D eigenvalue weighted by Gasteiger charge is -2.11. The average Bonchev–Trinajstić information content (AvgIpc) is 2.16. The highest BCUT2D eigenvalue weighted by molar-refractivity contribution is 6.17. The maximum Gasteiger partial charge on any atom is 0.280 e. The van der Waals surface area contributed by atoms with Crippen molar-refractivity contribution in [1.82, 2.24) is 4.98 Å². The molecule has 0 bridgehead atoms. The highest BCUT2D eigenvalue weighted by atomic mass is 35.5. The third-order valence-electron chi connectivity index (χ3n) is 2.09. The molecule has 0 aromatic carbocycles. The zero-order valence-electron chi connectivity index (χ0n) is 7.60. The molecular weight excluding hydrogens is 212 g/mol. The molecule has 0 aliphatic rings. The van der Waals surface area contributed by atoms with E-state index in [4.69, 9.17) is 16.7 Å². The van der Waals surface area contributed by atoms with Crippen molar-refractivity contribution in [3.63, 3.8) is 0 Å². The summed E-state index contributed by atoms with van der Waals surface area (Å²) >= 11 is 5.58. The van der Waals surface area contributed by atoms with Gasteiger partial charge in [-0.2, -0.15) is 0 Å². The smallest absolute Gasteiger partial charge is 0.280 e. The Morgan fingerprint density at radius 1 is 1.57 bits per heavy atom. The van der Waals surface area contributed by atoms with Crippen LogP contribution in [0.4, 0.5) is 8.78 Å². The van der Waals surface area contributed by atoms with Crippen molar-refractivity contribution in [1.29, 1.82) is 0 Å². The summed E-state index contributed by atoms with van der Waals surface area (Å²) in [4.78, 5) is 3.61. The molecule has 1 heterocycles. The number of aromatic nitrogens is 1. The van der Waals surface area contributed by atoms with Gasteiger partial charge in [-0.05, 0) is 23.6 Å². The molecule has 14 heavy (non-hydrogen) atoms. The highest BCUT2D eigenvalue weighted by Gasteiger charge is 2.16. The number of aliphatic hydroxyl groups excluding tert-OH is 1. The van der Waals surface area contributed by atoms with E-state index in [1.165, 1.54) is 13.1 Å². The van der Waals surface area contributed by atoms with Crippen LogP contribution in [0.25, 0.3) is 0 Å². The minimum absolute atomic E-state index is 0.160. The minimum atomic E-state index is -2.62. The number of alkyl halides is 3. The quantitative estimate of drug-likeness (QED) is 0.796. The van der Waals surface area contributed by atoms with Gasteiger partial charge in [-0.15, -0.1) is 11.6 Å². The van der Waals surface area contributed by atoms with Gasteiger partial charge in [0.2, 0.25) is 0 Å². The van der Waals surface area contributed by atoms with Crippen molar-refractivity contribution < 1.29 is 13.9 Å². The summed E-state index contributed by atoms with van der Waals surface area (Å²) < 4.78 is 24.8. The SMILES string of the molecule is Cc1c(C(F)F)ncc(CCl)c1CO. The number of nitrogens with zero attached hydrogens (tertiary/aromatic N) is 1. The van der Waals surface area contributed by atoms with Crippen LogP contribution in [-0.4, -0.2) is 10.1 Å². The second kappa shape index (κ2) is 4.66. The zero-order chi connectivity index (χ0) is 10.7.